The van der Waals surface area contributed by atoms with Gasteiger partial charge in [0.05, 0.1) is 19.3 Å². The summed E-state index contributed by atoms with van der Waals surface area (Å²) in [6.45, 7) is 3.25. The number of carbonyl (C=O) groups is 1. The molecular formula is C15H17N5O. The van der Waals surface area contributed by atoms with Crippen molar-refractivity contribution in [2.45, 2.75) is 13.5 Å². The predicted octanol–water partition coefficient (Wildman–Crippen LogP) is 0.327. The van der Waals surface area contributed by atoms with E-state index in [4.69, 9.17) is 5.73 Å². The zero-order valence-electron chi connectivity index (χ0n) is 11.8. The van der Waals surface area contributed by atoms with Crippen LogP contribution in [-0.2, 0) is 6.54 Å². The highest BCUT2D eigenvalue weighted by Crippen LogP contribution is 2.12. The highest BCUT2D eigenvalue weighted by molar-refractivity contribution is 5.96. The van der Waals surface area contributed by atoms with E-state index in [0.29, 0.717) is 25.2 Å². The molecule has 0 saturated heterocycles. The Hall–Kier alpha value is -2.65. The van der Waals surface area contributed by atoms with E-state index in [1.165, 1.54) is 0 Å². The van der Waals surface area contributed by atoms with Crippen LogP contribution in [0.3, 0.4) is 0 Å². The van der Waals surface area contributed by atoms with E-state index >= 15 is 0 Å². The van der Waals surface area contributed by atoms with Crippen LogP contribution < -0.4 is 11.1 Å². The van der Waals surface area contributed by atoms with Crippen LogP contribution in [0, 0.1) is 18.8 Å². The number of nitrogens with two attached hydrogens (primary N) is 1. The molecule has 6 nitrogen and oxygen atoms in total. The summed E-state index contributed by atoms with van der Waals surface area (Å²) in [6.07, 6.45) is 3.35. The molecule has 1 heterocycles. The lowest BCUT2D eigenvalue weighted by atomic mass is 10.0. The summed E-state index contributed by atoms with van der Waals surface area (Å²) in [7, 11) is 0. The van der Waals surface area contributed by atoms with Gasteiger partial charge in [-0.15, -0.1) is 5.10 Å². The first-order valence-corrected chi connectivity index (χ1v) is 6.63. The van der Waals surface area contributed by atoms with Gasteiger partial charge in [0.2, 0.25) is 0 Å². The van der Waals surface area contributed by atoms with E-state index in [2.05, 4.69) is 27.5 Å². The molecule has 0 aliphatic rings. The van der Waals surface area contributed by atoms with Crippen LogP contribution in [0.15, 0.2) is 30.6 Å². The first-order valence-electron chi connectivity index (χ1n) is 6.63. The third-order valence-corrected chi connectivity index (χ3v) is 3.00. The average molecular weight is 283 g/mol. The van der Waals surface area contributed by atoms with Gasteiger partial charge in [0, 0.05) is 23.9 Å². The molecule has 0 atom stereocenters. The van der Waals surface area contributed by atoms with Crippen LogP contribution in [0.25, 0.3) is 0 Å². The zero-order chi connectivity index (χ0) is 15.1. The van der Waals surface area contributed by atoms with Gasteiger partial charge >= 0.3 is 0 Å². The van der Waals surface area contributed by atoms with Crippen LogP contribution >= 0.6 is 0 Å². The number of hydrogen-bond acceptors (Lipinski definition) is 4. The minimum atomic E-state index is -0.121. The van der Waals surface area contributed by atoms with E-state index in [0.717, 1.165) is 11.1 Å². The minimum absolute atomic E-state index is 0.121. The van der Waals surface area contributed by atoms with E-state index in [1.54, 1.807) is 23.1 Å². The summed E-state index contributed by atoms with van der Waals surface area (Å²) in [5.41, 5.74) is 7.67. The number of nitrogens with zero attached hydrogens (tertiary/aromatic N) is 3. The molecule has 21 heavy (non-hydrogen) atoms. The van der Waals surface area contributed by atoms with Crippen molar-refractivity contribution < 1.29 is 4.79 Å². The first-order chi connectivity index (χ1) is 10.2. The third-order valence-electron chi connectivity index (χ3n) is 3.00. The second kappa shape index (κ2) is 7.22. The van der Waals surface area contributed by atoms with E-state index in [9.17, 15) is 4.79 Å². The van der Waals surface area contributed by atoms with Crippen LogP contribution in [0.1, 0.15) is 21.5 Å². The average Bonchev–Trinajstić information content (AvgIpc) is 2.99. The molecule has 0 unspecified atom stereocenters. The Morgan fingerprint density at radius 1 is 1.48 bits per heavy atom. The van der Waals surface area contributed by atoms with Crippen molar-refractivity contribution in [1.82, 2.24) is 20.3 Å². The minimum Gasteiger partial charge on any atom is -0.350 e. The summed E-state index contributed by atoms with van der Waals surface area (Å²) in [5.74, 6) is 5.65. The Morgan fingerprint density at radius 3 is 3.05 bits per heavy atom. The maximum Gasteiger partial charge on any atom is 0.251 e. The van der Waals surface area contributed by atoms with Crippen molar-refractivity contribution in [1.29, 1.82) is 0 Å². The normalized spacial score (nSPS) is 9.81. The van der Waals surface area contributed by atoms with Gasteiger partial charge in [-0.1, -0.05) is 23.1 Å². The number of carbonyl (C=O) groups excluding carboxylic acids is 1. The topological polar surface area (TPSA) is 85.8 Å². The molecule has 1 aromatic heterocycles. The molecule has 0 saturated carbocycles. The lowest BCUT2D eigenvalue weighted by molar-refractivity contribution is 0.0951. The van der Waals surface area contributed by atoms with Crippen LogP contribution in [-0.4, -0.2) is 34.0 Å². The number of hydrogen-bond donors (Lipinski definition) is 2. The summed E-state index contributed by atoms with van der Waals surface area (Å²) in [5, 5.41) is 10.4. The van der Waals surface area contributed by atoms with Crippen molar-refractivity contribution in [3.8, 4) is 11.8 Å². The molecule has 6 heteroatoms. The quantitative estimate of drug-likeness (QED) is 0.792. The molecule has 2 rings (SSSR count). The largest absolute Gasteiger partial charge is 0.350 e. The molecule has 0 aliphatic heterocycles. The zero-order valence-corrected chi connectivity index (χ0v) is 11.8. The Kier molecular flexibility index (Phi) is 5.07. The Labute approximate surface area is 123 Å². The second-order valence-electron chi connectivity index (χ2n) is 4.41. The van der Waals surface area contributed by atoms with Crippen molar-refractivity contribution in [2.24, 2.45) is 5.73 Å². The molecule has 2 aromatic rings. The van der Waals surface area contributed by atoms with E-state index < -0.39 is 0 Å². The molecule has 0 spiro atoms. The second-order valence-corrected chi connectivity index (χ2v) is 4.41. The highest BCUT2D eigenvalue weighted by atomic mass is 16.1. The first kappa shape index (κ1) is 14.8. The molecule has 1 amide bonds. The highest BCUT2D eigenvalue weighted by Gasteiger charge is 2.10. The Morgan fingerprint density at radius 2 is 2.33 bits per heavy atom. The Balaban J connectivity index is 2.01. The van der Waals surface area contributed by atoms with E-state index in [1.807, 2.05) is 19.1 Å². The summed E-state index contributed by atoms with van der Waals surface area (Å²) in [4.78, 5) is 12.2. The fourth-order valence-corrected chi connectivity index (χ4v) is 1.89. The maximum absolute atomic E-state index is 12.2. The number of benzene rings is 1. The molecule has 3 N–H and O–H groups in total. The fraction of sp³-hybridized carbons (Fsp3) is 0.267. The lowest BCUT2D eigenvalue weighted by Crippen LogP contribution is -2.28. The smallest absolute Gasteiger partial charge is 0.251 e. The number of aromatic nitrogens is 3. The molecule has 0 radical (unpaired) electrons. The predicted molar refractivity (Wildman–Crippen MR) is 79.5 cm³/mol. The van der Waals surface area contributed by atoms with Gasteiger partial charge in [-0.05, 0) is 24.6 Å². The van der Waals surface area contributed by atoms with E-state index in [-0.39, 0.29) is 5.91 Å². The van der Waals surface area contributed by atoms with Gasteiger partial charge in [0.1, 0.15) is 0 Å². The van der Waals surface area contributed by atoms with Gasteiger partial charge in [-0.25, -0.2) is 0 Å². The van der Waals surface area contributed by atoms with Crippen molar-refractivity contribution >= 4 is 5.91 Å². The Bertz CT molecular complexity index is 667. The van der Waals surface area contributed by atoms with Gasteiger partial charge in [-0.2, -0.15) is 0 Å². The monoisotopic (exact) mass is 283 g/mol. The van der Waals surface area contributed by atoms with Gasteiger partial charge < -0.3 is 11.1 Å². The SMILES string of the molecule is Cc1c(C#CCN)cccc1C(=O)NCCn1ccnn1. The molecule has 108 valence electrons. The van der Waals surface area contributed by atoms with Crippen molar-refractivity contribution in [3.63, 3.8) is 0 Å². The summed E-state index contributed by atoms with van der Waals surface area (Å²) >= 11 is 0. The van der Waals surface area contributed by atoms with Gasteiger partial charge in [0.15, 0.2) is 0 Å². The molecule has 1 aromatic carbocycles. The fourth-order valence-electron chi connectivity index (χ4n) is 1.89. The van der Waals surface area contributed by atoms with Crippen LogP contribution in [0.4, 0.5) is 0 Å². The number of amides is 1. The summed E-state index contributed by atoms with van der Waals surface area (Å²) < 4.78 is 1.66. The maximum atomic E-state index is 12.2. The molecule has 0 aliphatic carbocycles. The molecule has 0 bridgehead atoms. The lowest BCUT2D eigenvalue weighted by Gasteiger charge is -2.09. The van der Waals surface area contributed by atoms with Crippen molar-refractivity contribution in [2.75, 3.05) is 13.1 Å². The molecular weight excluding hydrogens is 266 g/mol. The van der Waals surface area contributed by atoms with Crippen molar-refractivity contribution in [3.05, 3.63) is 47.3 Å². The standard InChI is InChI=1S/C15H17N5O/c1-12-13(5-3-7-16)4-2-6-14(12)15(21)17-8-10-20-11-9-18-19-20/h2,4,6,9,11H,7-8,10,16H2,1H3,(H,17,21). The summed E-state index contributed by atoms with van der Waals surface area (Å²) in [6, 6.07) is 5.48. The molecule has 0 fully saturated rings. The van der Waals surface area contributed by atoms with Gasteiger partial charge in [-0.3, -0.25) is 9.48 Å². The number of nitrogens with one attached hydrogen (secondary N) is 1. The van der Waals surface area contributed by atoms with Gasteiger partial charge in [0.25, 0.3) is 5.91 Å². The van der Waals surface area contributed by atoms with Crippen LogP contribution in [0.2, 0.25) is 0 Å². The third kappa shape index (κ3) is 3.91. The van der Waals surface area contributed by atoms with Crippen LogP contribution in [0.5, 0.6) is 0 Å². The number of rotatable bonds is 4.